The number of amides is 3. The smallest absolute Gasteiger partial charge is 0.243 e. The Hall–Kier alpha value is -2.84. The van der Waals surface area contributed by atoms with Gasteiger partial charge in [0.25, 0.3) is 0 Å². The van der Waals surface area contributed by atoms with Crippen LogP contribution in [0.4, 0.5) is 0 Å². The molecule has 1 heterocycles. The molecule has 15 heteroatoms. The van der Waals surface area contributed by atoms with Gasteiger partial charge in [0.2, 0.25) is 17.7 Å². The van der Waals surface area contributed by atoms with Gasteiger partial charge in [-0.1, -0.05) is 12.1 Å². The molecule has 2 aromatic rings. The minimum Gasteiger partial charge on any atom is -0.508 e. The molecule has 0 spiro atoms. The molecule has 2 aromatic carbocycles. The average Bonchev–Trinajstić information content (AvgIpc) is 2.90. The van der Waals surface area contributed by atoms with Crippen molar-refractivity contribution in [2.75, 3.05) is 19.6 Å². The predicted octanol–water partition coefficient (Wildman–Crippen LogP) is -0.400. The Morgan fingerprint density at radius 1 is 0.927 bits per heavy atom. The van der Waals surface area contributed by atoms with Gasteiger partial charge in [0, 0.05) is 25.9 Å². The van der Waals surface area contributed by atoms with E-state index in [4.69, 9.17) is 17.2 Å². The lowest BCUT2D eigenvalue weighted by Crippen LogP contribution is -2.57. The number of rotatable bonds is 7. The highest BCUT2D eigenvalue weighted by molar-refractivity contribution is 5.93. The van der Waals surface area contributed by atoms with E-state index in [1.807, 2.05) is 0 Å². The number of hydrogen-bond donors (Lipinski definition) is 9. The second-order valence-electron chi connectivity index (χ2n) is 9.39. The number of aliphatic hydroxyl groups excluding tert-OH is 1. The van der Waals surface area contributed by atoms with Crippen LogP contribution in [0.3, 0.4) is 0 Å². The molecule has 0 saturated carbocycles. The van der Waals surface area contributed by atoms with E-state index in [1.165, 1.54) is 12.1 Å². The van der Waals surface area contributed by atoms with Crippen LogP contribution in [0, 0.1) is 0 Å². The van der Waals surface area contributed by atoms with Gasteiger partial charge in [-0.25, -0.2) is 0 Å². The lowest BCUT2D eigenvalue weighted by Gasteiger charge is -2.25. The molecule has 0 aliphatic carbocycles. The summed E-state index contributed by atoms with van der Waals surface area (Å²) in [5, 5.41) is 38.6. The van der Waals surface area contributed by atoms with Crippen LogP contribution >= 0.6 is 37.2 Å². The summed E-state index contributed by atoms with van der Waals surface area (Å²) in [5.41, 5.74) is 19.4. The summed E-state index contributed by atoms with van der Waals surface area (Å²) in [6, 6.07) is 6.45. The van der Waals surface area contributed by atoms with Gasteiger partial charge in [0.15, 0.2) is 0 Å². The number of aliphatic hydroxyl groups is 1. The Balaban J connectivity index is 0.00000533. The van der Waals surface area contributed by atoms with E-state index in [0.29, 0.717) is 28.7 Å². The Kier molecular flexibility index (Phi) is 16.6. The molecule has 4 atom stereocenters. The van der Waals surface area contributed by atoms with Crippen LogP contribution in [0.5, 0.6) is 11.5 Å². The highest BCUT2D eigenvalue weighted by Gasteiger charge is 2.29. The molecule has 12 N–H and O–H groups in total. The minimum atomic E-state index is -1.15. The number of fused-ring (bicyclic) bond motifs is 5. The molecule has 230 valence electrons. The lowest BCUT2D eigenvalue weighted by atomic mass is 9.95. The Morgan fingerprint density at radius 2 is 1.49 bits per heavy atom. The number of hydrogen-bond acceptors (Lipinski definition) is 9. The normalized spacial score (nSPS) is 19.4. The van der Waals surface area contributed by atoms with Gasteiger partial charge in [0.1, 0.15) is 23.6 Å². The van der Waals surface area contributed by atoms with Crippen molar-refractivity contribution in [3.63, 3.8) is 0 Å². The Bertz CT molecular complexity index is 1170. The summed E-state index contributed by atoms with van der Waals surface area (Å²) in [5.74, 6) is -1.96. The van der Waals surface area contributed by atoms with Gasteiger partial charge >= 0.3 is 0 Å². The summed E-state index contributed by atoms with van der Waals surface area (Å²) in [6.45, 7) is 0.0718. The summed E-state index contributed by atoms with van der Waals surface area (Å²) in [7, 11) is 0. The number of phenolic OH excluding ortho intramolecular Hbond substituents is 2. The van der Waals surface area contributed by atoms with E-state index in [-0.39, 0.29) is 87.6 Å². The Morgan fingerprint density at radius 3 is 2.02 bits per heavy atom. The lowest BCUT2D eigenvalue weighted by molar-refractivity contribution is -0.132. The zero-order valence-electron chi connectivity index (χ0n) is 22.2. The standard InChI is InChI=1S/C26H36N6O6.3ClH/c27-7-1-2-20-26(38)32-21(25(37)30-13-18(33)12-28)11-17-9-15(4-6-23(17)35)14-3-5-22(34)16(8-14)10-19(29)24(36)31-20;;;/h3-6,8-9,18-21,33-35H,1-2,7,10-13,27-29H2,(H,30,37)(H,31,36)(H,32,38);3*1H/t18?,19-,20-,21-;;;/m0.../s1. The van der Waals surface area contributed by atoms with Crippen LogP contribution in [0.25, 0.3) is 11.1 Å². The van der Waals surface area contributed by atoms with Gasteiger partial charge in [0.05, 0.1) is 12.1 Å². The summed E-state index contributed by atoms with van der Waals surface area (Å²) in [6.07, 6.45) is -0.439. The van der Waals surface area contributed by atoms with E-state index in [9.17, 15) is 29.7 Å². The molecular formula is C26H39Cl3N6O6. The van der Waals surface area contributed by atoms with Crippen molar-refractivity contribution in [1.82, 2.24) is 16.0 Å². The first-order chi connectivity index (χ1) is 18.1. The maximum Gasteiger partial charge on any atom is 0.243 e. The second-order valence-corrected chi connectivity index (χ2v) is 9.39. The highest BCUT2D eigenvalue weighted by Crippen LogP contribution is 2.30. The number of aromatic hydroxyl groups is 2. The van der Waals surface area contributed by atoms with Gasteiger partial charge in [-0.15, -0.1) is 37.2 Å². The van der Waals surface area contributed by atoms with E-state index in [0.717, 1.165) is 0 Å². The highest BCUT2D eigenvalue weighted by atomic mass is 35.5. The fourth-order valence-corrected chi connectivity index (χ4v) is 4.18. The Labute approximate surface area is 257 Å². The molecule has 3 amide bonds. The molecule has 41 heavy (non-hydrogen) atoms. The average molecular weight is 638 g/mol. The molecule has 0 saturated heterocycles. The zero-order valence-corrected chi connectivity index (χ0v) is 24.7. The van der Waals surface area contributed by atoms with Gasteiger partial charge in [-0.2, -0.15) is 0 Å². The molecule has 12 nitrogen and oxygen atoms in total. The molecule has 1 unspecified atom stereocenters. The number of nitrogens with two attached hydrogens (primary N) is 3. The summed E-state index contributed by atoms with van der Waals surface area (Å²) < 4.78 is 0. The van der Waals surface area contributed by atoms with Gasteiger partial charge in [-0.3, -0.25) is 14.4 Å². The maximum absolute atomic E-state index is 13.3. The fraction of sp³-hybridized carbons (Fsp3) is 0.423. The number of halogens is 3. The third-order valence-corrected chi connectivity index (χ3v) is 6.44. The van der Waals surface area contributed by atoms with Crippen LogP contribution in [-0.4, -0.2) is 76.9 Å². The number of carbonyl (C=O) groups excluding carboxylic acids is 3. The third-order valence-electron chi connectivity index (χ3n) is 6.44. The van der Waals surface area contributed by atoms with Crippen molar-refractivity contribution in [1.29, 1.82) is 0 Å². The molecule has 0 aromatic heterocycles. The quantitative estimate of drug-likeness (QED) is 0.192. The number of phenols is 2. The topological polar surface area (TPSA) is 226 Å². The molecule has 1 aliphatic heterocycles. The van der Waals surface area contributed by atoms with Crippen molar-refractivity contribution < 1.29 is 29.7 Å². The second kappa shape index (κ2) is 17.9. The molecule has 3 rings (SSSR count). The minimum absolute atomic E-state index is 0. The third kappa shape index (κ3) is 10.5. The first kappa shape index (κ1) is 38.2. The molecule has 0 fully saturated rings. The number of carbonyl (C=O) groups is 3. The molecule has 1 aliphatic rings. The SMILES string of the molecule is Cl.Cl.Cl.NCCC[C@@H]1NC(=O)[C@@H](N)Cc2cc(ccc2O)-c2ccc(O)c(c2)C[C@@H](C(=O)NCC(O)CN)NC1=O. The first-order valence-electron chi connectivity index (χ1n) is 12.5. The van der Waals surface area contributed by atoms with E-state index in [1.54, 1.807) is 24.3 Å². The van der Waals surface area contributed by atoms with Crippen molar-refractivity contribution >= 4 is 54.9 Å². The summed E-state index contributed by atoms with van der Waals surface area (Å²) >= 11 is 0. The summed E-state index contributed by atoms with van der Waals surface area (Å²) in [4.78, 5) is 39.3. The van der Waals surface area contributed by atoms with Crippen molar-refractivity contribution in [3.8, 4) is 22.6 Å². The van der Waals surface area contributed by atoms with Crippen LogP contribution in [0.2, 0.25) is 0 Å². The molecule has 4 bridgehead atoms. The van der Waals surface area contributed by atoms with Crippen molar-refractivity contribution in [2.45, 2.75) is 49.9 Å². The number of benzene rings is 2. The van der Waals surface area contributed by atoms with Crippen molar-refractivity contribution in [2.24, 2.45) is 17.2 Å². The zero-order chi connectivity index (χ0) is 27.8. The van der Waals surface area contributed by atoms with Crippen LogP contribution in [0.15, 0.2) is 36.4 Å². The monoisotopic (exact) mass is 636 g/mol. The van der Waals surface area contributed by atoms with Crippen LogP contribution in [0.1, 0.15) is 24.0 Å². The number of nitrogens with one attached hydrogen (secondary N) is 3. The first-order valence-corrected chi connectivity index (χ1v) is 12.5. The van der Waals surface area contributed by atoms with E-state index < -0.39 is 42.0 Å². The van der Waals surface area contributed by atoms with E-state index in [2.05, 4.69) is 16.0 Å². The fourth-order valence-electron chi connectivity index (χ4n) is 4.18. The van der Waals surface area contributed by atoms with Crippen LogP contribution in [-0.2, 0) is 27.2 Å². The van der Waals surface area contributed by atoms with Crippen LogP contribution < -0.4 is 33.2 Å². The predicted molar refractivity (Wildman–Crippen MR) is 163 cm³/mol. The van der Waals surface area contributed by atoms with Crippen molar-refractivity contribution in [3.05, 3.63) is 47.5 Å². The van der Waals surface area contributed by atoms with Gasteiger partial charge in [-0.05, 0) is 65.9 Å². The maximum atomic E-state index is 13.3. The van der Waals surface area contributed by atoms with Gasteiger partial charge < -0.3 is 48.5 Å². The largest absolute Gasteiger partial charge is 0.508 e. The van der Waals surface area contributed by atoms with E-state index >= 15 is 0 Å². The molecule has 0 radical (unpaired) electrons. The molecular weight excluding hydrogens is 599 g/mol.